The second kappa shape index (κ2) is 5.04. The molecular formula is C13H13N3O4. The molecule has 1 aromatic carbocycles. The number of aromatic nitrogens is 2. The zero-order valence-corrected chi connectivity index (χ0v) is 10.9. The van der Waals surface area contributed by atoms with Gasteiger partial charge in [-0.25, -0.2) is 9.36 Å². The molecule has 0 aliphatic heterocycles. The molecule has 3 N–H and O–H groups in total. The number of aromatic hydroxyl groups is 1. The van der Waals surface area contributed by atoms with Gasteiger partial charge in [0.05, 0.1) is 11.3 Å². The molecule has 2 rings (SSSR count). The molecular weight excluding hydrogens is 262 g/mol. The number of hydrogen-bond acceptors (Lipinski definition) is 4. The lowest BCUT2D eigenvalue weighted by Crippen LogP contribution is -2.30. The van der Waals surface area contributed by atoms with Gasteiger partial charge in [0.2, 0.25) is 11.8 Å². The number of anilines is 1. The average molecular weight is 275 g/mol. The Bertz CT molecular complexity index is 789. The SMILES string of the molecule is CC(=O)Nc1cccc(-n2c(O)c(C)c(=O)[nH]c2=O)c1. The van der Waals surface area contributed by atoms with Crippen molar-refractivity contribution >= 4 is 11.6 Å². The summed E-state index contributed by atoms with van der Waals surface area (Å²) in [5.41, 5.74) is -0.544. The maximum atomic E-state index is 11.8. The van der Waals surface area contributed by atoms with Gasteiger partial charge in [-0.05, 0) is 25.1 Å². The zero-order valence-electron chi connectivity index (χ0n) is 10.9. The highest BCUT2D eigenvalue weighted by Gasteiger charge is 2.12. The van der Waals surface area contributed by atoms with Crippen molar-refractivity contribution in [3.05, 3.63) is 50.7 Å². The molecule has 0 fully saturated rings. The van der Waals surface area contributed by atoms with E-state index >= 15 is 0 Å². The largest absolute Gasteiger partial charge is 0.494 e. The molecule has 1 aromatic heterocycles. The van der Waals surface area contributed by atoms with Gasteiger partial charge < -0.3 is 10.4 Å². The molecule has 1 heterocycles. The third-order valence-corrected chi connectivity index (χ3v) is 2.74. The molecule has 7 heteroatoms. The summed E-state index contributed by atoms with van der Waals surface area (Å²) < 4.78 is 0.960. The van der Waals surface area contributed by atoms with E-state index in [-0.39, 0.29) is 11.5 Å². The molecule has 0 atom stereocenters. The third-order valence-electron chi connectivity index (χ3n) is 2.74. The second-order valence-corrected chi connectivity index (χ2v) is 4.27. The van der Waals surface area contributed by atoms with Crippen LogP contribution in [0.4, 0.5) is 5.69 Å². The lowest BCUT2D eigenvalue weighted by molar-refractivity contribution is -0.114. The Balaban J connectivity index is 2.63. The number of rotatable bonds is 2. The number of carbonyl (C=O) groups is 1. The fourth-order valence-corrected chi connectivity index (χ4v) is 1.78. The van der Waals surface area contributed by atoms with Gasteiger partial charge in [0.15, 0.2) is 0 Å². The lowest BCUT2D eigenvalue weighted by atomic mass is 10.2. The standard InChI is InChI=1S/C13H13N3O4/c1-7-11(18)15-13(20)16(12(7)19)10-5-3-4-9(6-10)14-8(2)17/h3-6,19H,1-2H3,(H,14,17)(H,15,18,20). The minimum atomic E-state index is -0.752. The van der Waals surface area contributed by atoms with Gasteiger partial charge in [-0.3, -0.25) is 14.6 Å². The number of H-pyrrole nitrogens is 1. The predicted molar refractivity (Wildman–Crippen MR) is 73.4 cm³/mol. The van der Waals surface area contributed by atoms with E-state index in [2.05, 4.69) is 10.3 Å². The molecule has 20 heavy (non-hydrogen) atoms. The van der Waals surface area contributed by atoms with Crippen molar-refractivity contribution in [2.45, 2.75) is 13.8 Å². The van der Waals surface area contributed by atoms with E-state index in [1.807, 2.05) is 0 Å². The molecule has 104 valence electrons. The van der Waals surface area contributed by atoms with Gasteiger partial charge in [-0.1, -0.05) is 6.07 Å². The fraction of sp³-hybridized carbons (Fsp3) is 0.154. The summed E-state index contributed by atoms with van der Waals surface area (Å²) in [5, 5.41) is 12.5. The van der Waals surface area contributed by atoms with Crippen LogP contribution in [0.3, 0.4) is 0 Å². The number of aromatic amines is 1. The van der Waals surface area contributed by atoms with Crippen molar-refractivity contribution in [2.24, 2.45) is 0 Å². The van der Waals surface area contributed by atoms with Crippen LogP contribution in [-0.4, -0.2) is 20.6 Å². The number of carbonyl (C=O) groups excluding carboxylic acids is 1. The molecule has 0 saturated heterocycles. The minimum Gasteiger partial charge on any atom is -0.494 e. The first-order valence-corrected chi connectivity index (χ1v) is 5.83. The number of benzene rings is 1. The summed E-state index contributed by atoms with van der Waals surface area (Å²) >= 11 is 0. The summed E-state index contributed by atoms with van der Waals surface area (Å²) in [7, 11) is 0. The van der Waals surface area contributed by atoms with Crippen LogP contribution in [0.15, 0.2) is 33.9 Å². The third kappa shape index (κ3) is 2.46. The number of nitrogens with one attached hydrogen (secondary N) is 2. The number of nitrogens with zero attached hydrogens (tertiary/aromatic N) is 1. The highest BCUT2D eigenvalue weighted by Crippen LogP contribution is 2.18. The van der Waals surface area contributed by atoms with E-state index < -0.39 is 17.1 Å². The van der Waals surface area contributed by atoms with Gasteiger partial charge in [0, 0.05) is 12.6 Å². The molecule has 0 radical (unpaired) electrons. The number of amides is 1. The Labute approximate surface area is 113 Å². The Morgan fingerprint density at radius 2 is 2.05 bits per heavy atom. The Morgan fingerprint density at radius 3 is 2.70 bits per heavy atom. The second-order valence-electron chi connectivity index (χ2n) is 4.27. The first kappa shape index (κ1) is 13.6. The van der Waals surface area contributed by atoms with E-state index in [1.165, 1.54) is 19.9 Å². The van der Waals surface area contributed by atoms with Gasteiger partial charge in [0.25, 0.3) is 5.56 Å². The monoisotopic (exact) mass is 275 g/mol. The van der Waals surface area contributed by atoms with E-state index in [1.54, 1.807) is 18.2 Å². The Hall–Kier alpha value is -2.83. The van der Waals surface area contributed by atoms with E-state index in [9.17, 15) is 19.5 Å². The highest BCUT2D eigenvalue weighted by molar-refractivity contribution is 5.88. The molecule has 0 aliphatic rings. The van der Waals surface area contributed by atoms with Crippen molar-refractivity contribution in [2.75, 3.05) is 5.32 Å². The van der Waals surface area contributed by atoms with Gasteiger partial charge in [-0.2, -0.15) is 0 Å². The van der Waals surface area contributed by atoms with E-state index in [0.717, 1.165) is 4.57 Å². The van der Waals surface area contributed by atoms with Crippen LogP contribution >= 0.6 is 0 Å². The molecule has 1 amide bonds. The summed E-state index contributed by atoms with van der Waals surface area (Å²) in [6, 6.07) is 6.35. The molecule has 0 aliphatic carbocycles. The fourth-order valence-electron chi connectivity index (χ4n) is 1.78. The molecule has 0 unspecified atom stereocenters. The van der Waals surface area contributed by atoms with Crippen LogP contribution in [0.5, 0.6) is 5.88 Å². The van der Waals surface area contributed by atoms with Gasteiger partial charge >= 0.3 is 5.69 Å². The highest BCUT2D eigenvalue weighted by atomic mass is 16.3. The van der Waals surface area contributed by atoms with Crippen molar-refractivity contribution < 1.29 is 9.90 Å². The molecule has 2 aromatic rings. The van der Waals surface area contributed by atoms with Gasteiger partial charge in [-0.15, -0.1) is 0 Å². The summed E-state index contributed by atoms with van der Waals surface area (Å²) in [5.74, 6) is -0.685. The average Bonchev–Trinajstić information content (AvgIpc) is 2.36. The minimum absolute atomic E-state index is 0.0366. The Kier molecular flexibility index (Phi) is 3.43. The van der Waals surface area contributed by atoms with Crippen LogP contribution < -0.4 is 16.6 Å². The molecule has 0 saturated carbocycles. The normalized spacial score (nSPS) is 10.3. The van der Waals surface area contributed by atoms with Crippen LogP contribution in [0.25, 0.3) is 5.69 Å². The molecule has 7 nitrogen and oxygen atoms in total. The summed E-state index contributed by atoms with van der Waals surface area (Å²) in [6.45, 7) is 2.77. The van der Waals surface area contributed by atoms with Crippen molar-refractivity contribution in [3.8, 4) is 11.6 Å². The first-order chi connectivity index (χ1) is 9.40. The number of hydrogen-bond donors (Lipinski definition) is 3. The molecule has 0 bridgehead atoms. The maximum absolute atomic E-state index is 11.8. The van der Waals surface area contributed by atoms with E-state index in [0.29, 0.717) is 11.4 Å². The van der Waals surface area contributed by atoms with E-state index in [4.69, 9.17) is 0 Å². The van der Waals surface area contributed by atoms with Crippen LogP contribution in [0.1, 0.15) is 12.5 Å². The van der Waals surface area contributed by atoms with Crippen LogP contribution in [0.2, 0.25) is 0 Å². The summed E-state index contributed by atoms with van der Waals surface area (Å²) in [4.78, 5) is 36.3. The predicted octanol–water partition coefficient (Wildman–Crippen LogP) is 0.498. The summed E-state index contributed by atoms with van der Waals surface area (Å²) in [6.07, 6.45) is 0. The van der Waals surface area contributed by atoms with Crippen molar-refractivity contribution in [3.63, 3.8) is 0 Å². The lowest BCUT2D eigenvalue weighted by Gasteiger charge is -2.11. The first-order valence-electron chi connectivity index (χ1n) is 5.83. The van der Waals surface area contributed by atoms with Crippen LogP contribution in [-0.2, 0) is 4.79 Å². The topological polar surface area (TPSA) is 104 Å². The molecule has 0 spiro atoms. The van der Waals surface area contributed by atoms with Gasteiger partial charge in [0.1, 0.15) is 0 Å². The maximum Gasteiger partial charge on any atom is 0.335 e. The smallest absolute Gasteiger partial charge is 0.335 e. The Morgan fingerprint density at radius 1 is 1.35 bits per heavy atom. The quantitative estimate of drug-likeness (QED) is 0.742. The van der Waals surface area contributed by atoms with Crippen LogP contribution in [0, 0.1) is 6.92 Å². The van der Waals surface area contributed by atoms with Crippen molar-refractivity contribution in [1.82, 2.24) is 9.55 Å². The van der Waals surface area contributed by atoms with Crippen molar-refractivity contribution in [1.29, 1.82) is 0 Å². The zero-order chi connectivity index (χ0) is 14.9.